The van der Waals surface area contributed by atoms with Crippen LogP contribution in [0.5, 0.6) is 0 Å². The van der Waals surface area contributed by atoms with E-state index in [0.29, 0.717) is 24.2 Å². The molecule has 0 atom stereocenters. The topological polar surface area (TPSA) is 90.0 Å². The van der Waals surface area contributed by atoms with Crippen molar-refractivity contribution in [2.75, 3.05) is 12.3 Å². The molecular formula is C13H18N4O2S. The zero-order chi connectivity index (χ0) is 14.6. The lowest BCUT2D eigenvalue weighted by molar-refractivity contribution is 0.580. The highest BCUT2D eigenvalue weighted by molar-refractivity contribution is 7.88. The van der Waals surface area contributed by atoms with Crippen molar-refractivity contribution < 1.29 is 8.42 Å². The molecule has 0 unspecified atom stereocenters. The van der Waals surface area contributed by atoms with Gasteiger partial charge in [0.25, 0.3) is 0 Å². The van der Waals surface area contributed by atoms with E-state index in [2.05, 4.69) is 9.82 Å². The molecule has 0 spiro atoms. The van der Waals surface area contributed by atoms with Gasteiger partial charge in [0.05, 0.1) is 11.4 Å². The van der Waals surface area contributed by atoms with Crippen LogP contribution < -0.4 is 10.5 Å². The maximum atomic E-state index is 12.0. The van der Waals surface area contributed by atoms with Crippen molar-refractivity contribution in [1.82, 2.24) is 14.5 Å². The number of sulfonamides is 1. The number of nitrogens with one attached hydrogen (secondary N) is 1. The largest absolute Gasteiger partial charge is 0.398 e. The molecule has 0 saturated carbocycles. The second-order valence-corrected chi connectivity index (χ2v) is 6.39. The van der Waals surface area contributed by atoms with Crippen LogP contribution in [0.3, 0.4) is 0 Å². The van der Waals surface area contributed by atoms with Gasteiger partial charge in [-0.05, 0) is 17.7 Å². The highest BCUT2D eigenvalue weighted by Crippen LogP contribution is 2.13. The van der Waals surface area contributed by atoms with Gasteiger partial charge in [-0.15, -0.1) is 0 Å². The Morgan fingerprint density at radius 1 is 1.30 bits per heavy atom. The number of hydrogen-bond donors (Lipinski definition) is 2. The normalized spacial score (nSPS) is 11.7. The Kier molecular flexibility index (Phi) is 4.41. The summed E-state index contributed by atoms with van der Waals surface area (Å²) in [6.07, 6.45) is 2.39. The number of anilines is 1. The van der Waals surface area contributed by atoms with Crippen LogP contribution in [0.15, 0.2) is 36.5 Å². The first-order valence-corrected chi connectivity index (χ1v) is 7.91. The Labute approximate surface area is 118 Å². The molecule has 0 aliphatic rings. The van der Waals surface area contributed by atoms with Crippen LogP contribution in [0, 0.1) is 0 Å². The molecule has 108 valence electrons. The van der Waals surface area contributed by atoms with Crippen molar-refractivity contribution in [3.05, 3.63) is 47.8 Å². The Morgan fingerprint density at radius 3 is 2.70 bits per heavy atom. The summed E-state index contributed by atoms with van der Waals surface area (Å²) in [6.45, 7) is 0.325. The molecule has 0 radical (unpaired) electrons. The fourth-order valence-corrected chi connectivity index (χ4v) is 3.04. The number of para-hydroxylation sites is 1. The standard InChI is InChI=1S/C13H18N4O2S/c1-17-9-7-12(16-17)6-8-15-20(18,19)10-11-4-2-3-5-13(11)14/h2-5,7,9,15H,6,8,10,14H2,1H3. The summed E-state index contributed by atoms with van der Waals surface area (Å²) < 4.78 is 28.2. The molecule has 0 bridgehead atoms. The number of benzene rings is 1. The number of nitrogens with zero attached hydrogens (tertiary/aromatic N) is 2. The summed E-state index contributed by atoms with van der Waals surface area (Å²) in [7, 11) is -1.56. The highest BCUT2D eigenvalue weighted by atomic mass is 32.2. The maximum Gasteiger partial charge on any atom is 0.215 e. The van der Waals surface area contributed by atoms with E-state index in [1.807, 2.05) is 19.3 Å². The Bertz CT molecular complexity index is 679. The van der Waals surface area contributed by atoms with E-state index < -0.39 is 10.0 Å². The molecule has 2 aromatic rings. The zero-order valence-electron chi connectivity index (χ0n) is 11.3. The van der Waals surface area contributed by atoms with Crippen LogP contribution >= 0.6 is 0 Å². The van der Waals surface area contributed by atoms with Crippen molar-refractivity contribution in [2.45, 2.75) is 12.2 Å². The first kappa shape index (κ1) is 14.5. The Morgan fingerprint density at radius 2 is 2.05 bits per heavy atom. The van der Waals surface area contributed by atoms with Gasteiger partial charge in [0, 0.05) is 31.9 Å². The number of hydrogen-bond acceptors (Lipinski definition) is 4. The lowest BCUT2D eigenvalue weighted by atomic mass is 10.2. The number of nitrogens with two attached hydrogens (primary N) is 1. The average molecular weight is 294 g/mol. The molecule has 0 aliphatic heterocycles. The summed E-state index contributed by atoms with van der Waals surface area (Å²) in [4.78, 5) is 0. The van der Waals surface area contributed by atoms with Crippen LogP contribution in [-0.4, -0.2) is 24.7 Å². The summed E-state index contributed by atoms with van der Waals surface area (Å²) >= 11 is 0. The summed E-state index contributed by atoms with van der Waals surface area (Å²) in [6, 6.07) is 8.82. The zero-order valence-corrected chi connectivity index (χ0v) is 12.1. The van der Waals surface area contributed by atoms with Gasteiger partial charge in [-0.25, -0.2) is 13.1 Å². The van der Waals surface area contributed by atoms with Crippen LogP contribution in [0.1, 0.15) is 11.3 Å². The van der Waals surface area contributed by atoms with Crippen molar-refractivity contribution in [2.24, 2.45) is 7.05 Å². The van der Waals surface area contributed by atoms with Crippen LogP contribution in [0.4, 0.5) is 5.69 Å². The maximum absolute atomic E-state index is 12.0. The van der Waals surface area contributed by atoms with Gasteiger partial charge in [0.2, 0.25) is 10.0 Å². The molecule has 3 N–H and O–H groups in total. The second kappa shape index (κ2) is 6.06. The molecule has 20 heavy (non-hydrogen) atoms. The highest BCUT2D eigenvalue weighted by Gasteiger charge is 2.12. The molecule has 1 aromatic heterocycles. The number of aryl methyl sites for hydroxylation is 1. The minimum absolute atomic E-state index is 0.109. The smallest absolute Gasteiger partial charge is 0.215 e. The minimum Gasteiger partial charge on any atom is -0.398 e. The molecule has 0 amide bonds. The van der Waals surface area contributed by atoms with Crippen LogP contribution in [0.2, 0.25) is 0 Å². The van der Waals surface area contributed by atoms with E-state index in [1.54, 1.807) is 28.9 Å². The first-order valence-electron chi connectivity index (χ1n) is 6.25. The van der Waals surface area contributed by atoms with E-state index in [9.17, 15) is 8.42 Å². The summed E-state index contributed by atoms with van der Waals surface area (Å²) in [5.41, 5.74) is 7.70. The Balaban J connectivity index is 1.90. The monoisotopic (exact) mass is 294 g/mol. The van der Waals surface area contributed by atoms with Crippen LogP contribution in [0.25, 0.3) is 0 Å². The van der Waals surface area contributed by atoms with Crippen LogP contribution in [-0.2, 0) is 29.2 Å². The molecule has 0 fully saturated rings. The first-order chi connectivity index (χ1) is 9.46. The van der Waals surface area contributed by atoms with E-state index in [4.69, 9.17) is 5.73 Å². The Hall–Kier alpha value is -1.86. The van der Waals surface area contributed by atoms with E-state index in [-0.39, 0.29) is 5.75 Å². The van der Waals surface area contributed by atoms with Gasteiger partial charge in [-0.1, -0.05) is 18.2 Å². The van der Waals surface area contributed by atoms with Crippen molar-refractivity contribution >= 4 is 15.7 Å². The fraction of sp³-hybridized carbons (Fsp3) is 0.308. The van der Waals surface area contributed by atoms with Gasteiger partial charge in [-0.2, -0.15) is 5.10 Å². The summed E-state index contributed by atoms with van der Waals surface area (Å²) in [5.74, 6) is -0.109. The molecule has 2 rings (SSSR count). The third kappa shape index (κ3) is 4.07. The molecule has 0 saturated heterocycles. The van der Waals surface area contributed by atoms with Crippen molar-refractivity contribution in [1.29, 1.82) is 0 Å². The fourth-order valence-electron chi connectivity index (χ4n) is 1.85. The van der Waals surface area contributed by atoms with E-state index >= 15 is 0 Å². The third-order valence-electron chi connectivity index (χ3n) is 2.87. The van der Waals surface area contributed by atoms with Gasteiger partial charge < -0.3 is 5.73 Å². The van der Waals surface area contributed by atoms with Gasteiger partial charge in [0.15, 0.2) is 0 Å². The van der Waals surface area contributed by atoms with Gasteiger partial charge in [-0.3, -0.25) is 4.68 Å². The van der Waals surface area contributed by atoms with Gasteiger partial charge in [0.1, 0.15) is 0 Å². The minimum atomic E-state index is -3.39. The molecule has 1 heterocycles. The quantitative estimate of drug-likeness (QED) is 0.766. The molecule has 0 aliphatic carbocycles. The summed E-state index contributed by atoms with van der Waals surface area (Å²) in [5, 5.41) is 4.19. The predicted octanol–water partition coefficient (Wildman–Crippen LogP) is 0.664. The second-order valence-electron chi connectivity index (χ2n) is 4.58. The predicted molar refractivity (Wildman–Crippen MR) is 78.4 cm³/mol. The van der Waals surface area contributed by atoms with Gasteiger partial charge >= 0.3 is 0 Å². The lowest BCUT2D eigenvalue weighted by Gasteiger charge is -2.08. The van der Waals surface area contributed by atoms with Crippen molar-refractivity contribution in [3.63, 3.8) is 0 Å². The lowest BCUT2D eigenvalue weighted by Crippen LogP contribution is -2.27. The molecule has 6 nitrogen and oxygen atoms in total. The number of nitrogen functional groups attached to an aromatic ring is 1. The third-order valence-corrected chi connectivity index (χ3v) is 4.21. The SMILES string of the molecule is Cn1ccc(CCNS(=O)(=O)Cc2ccccc2N)n1. The number of aromatic nitrogens is 2. The molecule has 7 heteroatoms. The molecule has 1 aromatic carbocycles. The van der Waals surface area contributed by atoms with Crippen molar-refractivity contribution in [3.8, 4) is 0 Å². The average Bonchev–Trinajstić information content (AvgIpc) is 2.77. The molecular weight excluding hydrogens is 276 g/mol. The van der Waals surface area contributed by atoms with E-state index in [1.165, 1.54) is 0 Å². The van der Waals surface area contributed by atoms with E-state index in [0.717, 1.165) is 5.69 Å². The number of rotatable bonds is 6.